The van der Waals surface area contributed by atoms with Crippen LogP contribution in [0.1, 0.15) is 24.3 Å². The van der Waals surface area contributed by atoms with Gasteiger partial charge < -0.3 is 34.9 Å². The van der Waals surface area contributed by atoms with Crippen molar-refractivity contribution in [1.29, 1.82) is 0 Å². The van der Waals surface area contributed by atoms with E-state index >= 15 is 4.39 Å². The second kappa shape index (κ2) is 11.0. The van der Waals surface area contributed by atoms with Gasteiger partial charge in [0.25, 0.3) is 5.56 Å². The number of alkyl halides is 1. The fourth-order valence-corrected chi connectivity index (χ4v) is 8.17. The van der Waals surface area contributed by atoms with Gasteiger partial charge in [0.1, 0.15) is 36.3 Å². The summed E-state index contributed by atoms with van der Waals surface area (Å²) in [6.07, 6.45) is -5.43. The Morgan fingerprint density at radius 3 is 2.80 bits per heavy atom. The molecule has 7 rings (SSSR count). The van der Waals surface area contributed by atoms with Crippen LogP contribution in [0.5, 0.6) is 0 Å². The standard InChI is InChI=1S/C22H26FN10O9PS2/c1-32-4-9(13-15(32)18(24)27-6-26-13)16-12(23)17-11(40-16)3-29-45(36,37)42-10-2-8(5-38-43(35,44)41-17)39-21(10)33-7-28-14-19(33)30-22(25)31-20(14)34/h4,6-8,10-12,16-17,21,29H,2-3,5H2,1H3,(H,35,44)(H2,24,26,27)(H3,25,30,31,34)/t8-,10+,11?,12-,16-,17+,21+,43?/m0/s1. The van der Waals surface area contributed by atoms with Crippen LogP contribution in [0.3, 0.4) is 0 Å². The van der Waals surface area contributed by atoms with E-state index in [4.69, 9.17) is 46.0 Å². The SMILES string of the molecule is Cn1cc([C@@H]2OC3CNS(=O)(=O)O[C@@H]4C[C@@H](COP(O)(=S)O[C@H]3[C@H]2F)O[C@H]4n2cnc3c(=O)[nH]c(N)nc32)c2ncnc(N)c21. The number of hydrogen-bond donors (Lipinski definition) is 5. The fourth-order valence-electron chi connectivity index (χ4n) is 5.77. The van der Waals surface area contributed by atoms with E-state index in [2.05, 4.69) is 29.6 Å². The average molecular weight is 689 g/mol. The molecule has 4 aromatic rings. The maximum atomic E-state index is 16.1. The van der Waals surface area contributed by atoms with E-state index < -0.39 is 72.0 Å². The van der Waals surface area contributed by atoms with Gasteiger partial charge in [-0.15, -0.1) is 0 Å². The van der Waals surface area contributed by atoms with Gasteiger partial charge in [0.2, 0.25) is 5.95 Å². The minimum atomic E-state index is -4.55. The van der Waals surface area contributed by atoms with Crippen molar-refractivity contribution in [2.24, 2.45) is 7.05 Å². The average Bonchev–Trinajstić information content (AvgIpc) is 3.71. The number of hydrogen-bond acceptors (Lipinski definition) is 15. The Hall–Kier alpha value is -3.18. The lowest BCUT2D eigenvalue weighted by atomic mass is 10.0. The molecular weight excluding hydrogens is 662 g/mol. The zero-order valence-corrected chi connectivity index (χ0v) is 25.6. The molecule has 0 saturated carbocycles. The molecule has 2 unspecified atom stereocenters. The summed E-state index contributed by atoms with van der Waals surface area (Å²) < 4.78 is 76.3. The Bertz CT molecular complexity index is 2020. The van der Waals surface area contributed by atoms with Crippen LogP contribution < -0.4 is 21.7 Å². The summed E-state index contributed by atoms with van der Waals surface area (Å²) in [6, 6.07) is 0. The Morgan fingerprint density at radius 1 is 1.20 bits per heavy atom. The number of aryl methyl sites for hydroxylation is 1. The predicted molar refractivity (Wildman–Crippen MR) is 156 cm³/mol. The van der Waals surface area contributed by atoms with Crippen molar-refractivity contribution in [2.45, 2.75) is 49.3 Å². The topological polar surface area (TPSA) is 259 Å². The molecule has 4 aromatic heterocycles. The predicted octanol–water partition coefficient (Wildman–Crippen LogP) is -0.817. The minimum Gasteiger partial charge on any atom is -0.382 e. The van der Waals surface area contributed by atoms with E-state index in [0.29, 0.717) is 16.6 Å². The number of imidazole rings is 1. The van der Waals surface area contributed by atoms with Gasteiger partial charge in [-0.05, 0) is 11.8 Å². The first kappa shape index (κ1) is 30.5. The fraction of sp³-hybridized carbons (Fsp3) is 0.500. The largest absolute Gasteiger partial charge is 0.382 e. The van der Waals surface area contributed by atoms with Crippen LogP contribution in [-0.4, -0.2) is 91.1 Å². The minimum absolute atomic E-state index is 0.0150. The number of nitrogens with one attached hydrogen (secondary N) is 2. The quantitative estimate of drug-likeness (QED) is 0.161. The second-order valence-electron chi connectivity index (χ2n) is 10.6. The molecule has 3 saturated heterocycles. The number of H-pyrrole nitrogens is 1. The highest BCUT2D eigenvalue weighted by Gasteiger charge is 2.51. The van der Waals surface area contributed by atoms with Gasteiger partial charge in [-0.25, -0.2) is 23.5 Å². The molecule has 3 aliphatic heterocycles. The lowest BCUT2D eigenvalue weighted by molar-refractivity contribution is -0.0448. The molecule has 242 valence electrons. The molecule has 0 radical (unpaired) electrons. The van der Waals surface area contributed by atoms with Gasteiger partial charge in [0, 0.05) is 31.8 Å². The molecule has 8 atom stereocenters. The molecule has 45 heavy (non-hydrogen) atoms. The molecule has 0 spiro atoms. The Morgan fingerprint density at radius 2 is 2.00 bits per heavy atom. The van der Waals surface area contributed by atoms with Crippen LogP contribution in [0.15, 0.2) is 23.6 Å². The van der Waals surface area contributed by atoms with Crippen molar-refractivity contribution in [1.82, 2.24) is 38.8 Å². The van der Waals surface area contributed by atoms with Crippen LogP contribution in [0.25, 0.3) is 22.2 Å². The third-order valence-electron chi connectivity index (χ3n) is 7.67. The van der Waals surface area contributed by atoms with E-state index in [1.165, 1.54) is 17.2 Å². The summed E-state index contributed by atoms with van der Waals surface area (Å²) in [5.74, 6) is -0.0378. The van der Waals surface area contributed by atoms with Crippen LogP contribution in [0, 0.1) is 0 Å². The van der Waals surface area contributed by atoms with Gasteiger partial charge in [-0.3, -0.25) is 18.9 Å². The van der Waals surface area contributed by atoms with Crippen LogP contribution in [-0.2, 0) is 51.9 Å². The summed E-state index contributed by atoms with van der Waals surface area (Å²) in [4.78, 5) is 41.9. The number of aromatic nitrogens is 7. The first-order valence-electron chi connectivity index (χ1n) is 13.4. The number of aromatic amines is 1. The molecule has 2 bridgehead atoms. The molecule has 0 aromatic carbocycles. The van der Waals surface area contributed by atoms with E-state index in [9.17, 15) is 18.1 Å². The highest BCUT2D eigenvalue weighted by molar-refractivity contribution is 8.07. The third-order valence-corrected chi connectivity index (χ3v) is 10.2. The summed E-state index contributed by atoms with van der Waals surface area (Å²) in [6.45, 7) is -5.07. The number of nitrogens with zero attached hydrogens (tertiary/aromatic N) is 6. The summed E-state index contributed by atoms with van der Waals surface area (Å²) in [5, 5.41) is 0. The first-order chi connectivity index (χ1) is 21.3. The monoisotopic (exact) mass is 688 g/mol. The molecule has 7 N–H and O–H groups in total. The number of halogens is 1. The number of nitrogen functional groups attached to an aromatic ring is 2. The maximum absolute atomic E-state index is 16.1. The molecule has 0 amide bonds. The number of rotatable bonds is 2. The smallest absolute Gasteiger partial charge is 0.336 e. The number of nitrogens with two attached hydrogens (primary N) is 2. The molecular formula is C22H26FN10O9PS2. The Labute approximate surface area is 257 Å². The molecule has 3 aliphatic rings. The zero-order chi connectivity index (χ0) is 31.8. The van der Waals surface area contributed by atoms with Crippen molar-refractivity contribution in [3.63, 3.8) is 0 Å². The van der Waals surface area contributed by atoms with E-state index in [1.54, 1.807) is 17.8 Å². The second-order valence-corrected chi connectivity index (χ2v) is 14.8. The highest BCUT2D eigenvalue weighted by Crippen LogP contribution is 2.51. The van der Waals surface area contributed by atoms with E-state index in [0.717, 1.165) is 0 Å². The van der Waals surface area contributed by atoms with Crippen LogP contribution in [0.2, 0.25) is 0 Å². The summed E-state index contributed by atoms with van der Waals surface area (Å²) >= 11 is 5.21. The first-order valence-corrected chi connectivity index (χ1v) is 17.4. The number of ether oxygens (including phenoxy) is 2. The lowest BCUT2D eigenvalue weighted by Crippen LogP contribution is -2.41. The van der Waals surface area contributed by atoms with E-state index in [-0.39, 0.29) is 36.0 Å². The van der Waals surface area contributed by atoms with Crippen molar-refractivity contribution < 1.29 is 40.4 Å². The van der Waals surface area contributed by atoms with Crippen molar-refractivity contribution >= 4 is 62.8 Å². The molecule has 3 fully saturated rings. The third kappa shape index (κ3) is 5.49. The Balaban J connectivity index is 1.20. The van der Waals surface area contributed by atoms with E-state index in [1.807, 2.05) is 0 Å². The van der Waals surface area contributed by atoms with Gasteiger partial charge in [0.15, 0.2) is 29.4 Å². The van der Waals surface area contributed by atoms with Gasteiger partial charge in [0.05, 0.1) is 24.6 Å². The molecule has 7 heterocycles. The van der Waals surface area contributed by atoms with Crippen LogP contribution in [0.4, 0.5) is 16.2 Å². The lowest BCUT2D eigenvalue weighted by Gasteiger charge is -2.26. The van der Waals surface area contributed by atoms with Gasteiger partial charge >= 0.3 is 17.0 Å². The van der Waals surface area contributed by atoms with Crippen molar-refractivity contribution in [3.8, 4) is 0 Å². The maximum Gasteiger partial charge on any atom is 0.336 e. The summed E-state index contributed by atoms with van der Waals surface area (Å²) in [7, 11) is -2.88. The van der Waals surface area contributed by atoms with Crippen molar-refractivity contribution in [3.05, 3.63) is 34.8 Å². The van der Waals surface area contributed by atoms with Gasteiger partial charge in [-0.1, -0.05) is 0 Å². The Kier molecular flexibility index (Phi) is 7.43. The normalized spacial score (nSPS) is 33.9. The van der Waals surface area contributed by atoms with Gasteiger partial charge in [-0.2, -0.15) is 18.1 Å². The zero-order valence-electron chi connectivity index (χ0n) is 23.1. The van der Waals surface area contributed by atoms with Crippen LogP contribution >= 0.6 is 6.72 Å². The highest BCUT2D eigenvalue weighted by atomic mass is 32.5. The molecule has 0 aliphatic carbocycles. The number of anilines is 2. The van der Waals surface area contributed by atoms with Crippen molar-refractivity contribution in [2.75, 3.05) is 24.6 Å². The molecule has 19 nitrogen and oxygen atoms in total. The molecule has 23 heteroatoms. The summed E-state index contributed by atoms with van der Waals surface area (Å²) in [5.41, 5.74) is 12.1. The number of fused-ring (bicyclic) bond motifs is 5.